The lowest BCUT2D eigenvalue weighted by Gasteiger charge is -2.44. The Hall–Kier alpha value is -2.13. The Bertz CT molecular complexity index is 668. The molecule has 2 saturated heterocycles. The van der Waals surface area contributed by atoms with Gasteiger partial charge in [-0.1, -0.05) is 60.7 Å². The van der Waals surface area contributed by atoms with Crippen LogP contribution in [0.1, 0.15) is 30.4 Å². The lowest BCUT2D eigenvalue weighted by atomic mass is 9.69. The lowest BCUT2D eigenvalue weighted by molar-refractivity contribution is -0.137. The fourth-order valence-electron chi connectivity index (χ4n) is 4.38. The highest BCUT2D eigenvalue weighted by molar-refractivity contribution is 5.79. The Kier molecular flexibility index (Phi) is 4.58. The Morgan fingerprint density at radius 1 is 1.00 bits per heavy atom. The molecule has 0 spiro atoms. The number of nitrogens with zero attached hydrogens (tertiary/aromatic N) is 1. The van der Waals surface area contributed by atoms with E-state index in [1.165, 1.54) is 11.1 Å². The van der Waals surface area contributed by atoms with Crippen molar-refractivity contribution in [3.05, 3.63) is 71.8 Å². The van der Waals surface area contributed by atoms with E-state index in [1.54, 1.807) is 0 Å². The highest BCUT2D eigenvalue weighted by Crippen LogP contribution is 2.40. The monoisotopic (exact) mass is 335 g/mol. The van der Waals surface area contributed by atoms with Crippen molar-refractivity contribution in [3.8, 4) is 0 Å². The summed E-state index contributed by atoms with van der Waals surface area (Å²) in [5.74, 6) is 0.316. The maximum Gasteiger partial charge on any atom is 0.228 e. The molecule has 0 radical (unpaired) electrons. The standard InChI is InChI=1S/C22H25NO2/c24-21(18-12-15-25-16-18)23-14-7-13-22(17-23,19-8-3-1-4-9-19)20-10-5-2-6-11-20/h1-6,8-11,18H,7,12-17H2. The molecule has 0 saturated carbocycles. The van der Waals surface area contributed by atoms with Gasteiger partial charge in [0.2, 0.25) is 5.91 Å². The van der Waals surface area contributed by atoms with Gasteiger partial charge >= 0.3 is 0 Å². The number of amides is 1. The third-order valence-electron chi connectivity index (χ3n) is 5.74. The molecule has 1 unspecified atom stereocenters. The number of rotatable bonds is 3. The van der Waals surface area contributed by atoms with Crippen LogP contribution in [0.3, 0.4) is 0 Å². The van der Waals surface area contributed by atoms with Crippen LogP contribution in [0.15, 0.2) is 60.7 Å². The van der Waals surface area contributed by atoms with Crippen LogP contribution in [-0.4, -0.2) is 37.1 Å². The second-order valence-electron chi connectivity index (χ2n) is 7.24. The van der Waals surface area contributed by atoms with Crippen LogP contribution in [0.4, 0.5) is 0 Å². The van der Waals surface area contributed by atoms with Crippen molar-refractivity contribution in [2.75, 3.05) is 26.3 Å². The van der Waals surface area contributed by atoms with E-state index in [4.69, 9.17) is 4.74 Å². The molecule has 0 bridgehead atoms. The number of carbonyl (C=O) groups is 1. The fraction of sp³-hybridized carbons (Fsp3) is 0.409. The number of piperidine rings is 1. The number of carbonyl (C=O) groups excluding carboxylic acids is 1. The van der Waals surface area contributed by atoms with Crippen molar-refractivity contribution in [2.24, 2.45) is 5.92 Å². The number of benzene rings is 2. The maximum absolute atomic E-state index is 13.0. The molecule has 2 aliphatic heterocycles. The Morgan fingerprint density at radius 2 is 1.64 bits per heavy atom. The molecule has 1 atom stereocenters. The van der Waals surface area contributed by atoms with Gasteiger partial charge in [0.25, 0.3) is 0 Å². The van der Waals surface area contributed by atoms with E-state index in [1.807, 2.05) is 0 Å². The summed E-state index contributed by atoms with van der Waals surface area (Å²) in [4.78, 5) is 15.1. The highest BCUT2D eigenvalue weighted by atomic mass is 16.5. The number of likely N-dealkylation sites (tertiary alicyclic amines) is 1. The van der Waals surface area contributed by atoms with Crippen molar-refractivity contribution in [1.29, 1.82) is 0 Å². The first-order valence-electron chi connectivity index (χ1n) is 9.27. The molecule has 0 N–H and O–H groups in total. The minimum absolute atomic E-state index is 0.0438. The zero-order chi connectivity index (χ0) is 17.1. The first kappa shape index (κ1) is 16.3. The average Bonchev–Trinajstić information content (AvgIpc) is 3.23. The second-order valence-corrected chi connectivity index (χ2v) is 7.24. The third kappa shape index (κ3) is 3.09. The molecule has 0 aromatic heterocycles. The molecule has 1 amide bonds. The van der Waals surface area contributed by atoms with Gasteiger partial charge in [0, 0.05) is 25.1 Å². The smallest absolute Gasteiger partial charge is 0.228 e. The van der Waals surface area contributed by atoms with Gasteiger partial charge in [-0.15, -0.1) is 0 Å². The van der Waals surface area contributed by atoms with Crippen molar-refractivity contribution >= 4 is 5.91 Å². The highest BCUT2D eigenvalue weighted by Gasteiger charge is 2.41. The van der Waals surface area contributed by atoms with Gasteiger partial charge in [-0.25, -0.2) is 0 Å². The van der Waals surface area contributed by atoms with Crippen LogP contribution in [0.25, 0.3) is 0 Å². The molecule has 2 aromatic carbocycles. The molecule has 2 aromatic rings. The SMILES string of the molecule is O=C(C1CCOC1)N1CCCC(c2ccccc2)(c2ccccc2)C1. The van der Waals surface area contributed by atoms with Crippen LogP contribution in [0.5, 0.6) is 0 Å². The quantitative estimate of drug-likeness (QED) is 0.857. The molecule has 2 aliphatic rings. The van der Waals surface area contributed by atoms with Gasteiger partial charge in [-0.05, 0) is 30.4 Å². The Morgan fingerprint density at radius 3 is 2.20 bits per heavy atom. The third-order valence-corrected chi connectivity index (χ3v) is 5.74. The number of hydrogen-bond acceptors (Lipinski definition) is 2. The summed E-state index contributed by atoms with van der Waals surface area (Å²) < 4.78 is 5.44. The van der Waals surface area contributed by atoms with E-state index in [2.05, 4.69) is 65.6 Å². The van der Waals surface area contributed by atoms with E-state index >= 15 is 0 Å². The summed E-state index contributed by atoms with van der Waals surface area (Å²) in [6, 6.07) is 21.4. The fourth-order valence-corrected chi connectivity index (χ4v) is 4.38. The minimum Gasteiger partial charge on any atom is -0.381 e. The Labute approximate surface area is 149 Å². The Balaban J connectivity index is 1.70. The molecule has 3 nitrogen and oxygen atoms in total. The normalized spacial score (nSPS) is 22.7. The van der Waals surface area contributed by atoms with Crippen LogP contribution in [0.2, 0.25) is 0 Å². The van der Waals surface area contributed by atoms with Gasteiger partial charge < -0.3 is 9.64 Å². The molecule has 4 rings (SSSR count). The first-order chi connectivity index (χ1) is 12.3. The molecular formula is C22H25NO2. The topological polar surface area (TPSA) is 29.5 Å². The zero-order valence-electron chi connectivity index (χ0n) is 14.6. The maximum atomic E-state index is 13.0. The predicted molar refractivity (Wildman–Crippen MR) is 98.4 cm³/mol. The van der Waals surface area contributed by atoms with Crippen LogP contribution in [0, 0.1) is 5.92 Å². The largest absolute Gasteiger partial charge is 0.381 e. The minimum atomic E-state index is -0.115. The van der Waals surface area contributed by atoms with Gasteiger partial charge in [0.05, 0.1) is 12.5 Å². The average molecular weight is 335 g/mol. The first-order valence-corrected chi connectivity index (χ1v) is 9.27. The number of ether oxygens (including phenoxy) is 1. The summed E-state index contributed by atoms with van der Waals surface area (Å²) in [5.41, 5.74) is 2.50. The summed E-state index contributed by atoms with van der Waals surface area (Å²) in [6.45, 7) is 2.92. The van der Waals surface area contributed by atoms with E-state index in [9.17, 15) is 4.79 Å². The summed E-state index contributed by atoms with van der Waals surface area (Å²) >= 11 is 0. The van der Waals surface area contributed by atoms with Crippen LogP contribution in [-0.2, 0) is 14.9 Å². The summed E-state index contributed by atoms with van der Waals surface area (Å²) in [7, 11) is 0. The molecule has 2 fully saturated rings. The number of hydrogen-bond donors (Lipinski definition) is 0. The van der Waals surface area contributed by atoms with E-state index < -0.39 is 0 Å². The molecule has 3 heteroatoms. The summed E-state index contributed by atoms with van der Waals surface area (Å²) in [5, 5.41) is 0. The van der Waals surface area contributed by atoms with Gasteiger partial charge in [-0.3, -0.25) is 4.79 Å². The van der Waals surface area contributed by atoms with Crippen LogP contribution < -0.4 is 0 Å². The molecule has 2 heterocycles. The van der Waals surface area contributed by atoms with Gasteiger partial charge in [0.1, 0.15) is 0 Å². The van der Waals surface area contributed by atoms with Crippen molar-refractivity contribution in [1.82, 2.24) is 4.90 Å². The van der Waals surface area contributed by atoms with Crippen molar-refractivity contribution in [2.45, 2.75) is 24.7 Å². The second kappa shape index (κ2) is 7.01. The van der Waals surface area contributed by atoms with E-state index in [0.717, 1.165) is 32.4 Å². The molecule has 130 valence electrons. The van der Waals surface area contributed by atoms with Gasteiger partial charge in [0.15, 0.2) is 0 Å². The van der Waals surface area contributed by atoms with E-state index in [-0.39, 0.29) is 17.2 Å². The molecule has 25 heavy (non-hydrogen) atoms. The predicted octanol–water partition coefficient (Wildman–Crippen LogP) is 3.63. The molecule has 0 aliphatic carbocycles. The van der Waals surface area contributed by atoms with Crippen LogP contribution >= 0.6 is 0 Å². The van der Waals surface area contributed by atoms with Crippen molar-refractivity contribution < 1.29 is 9.53 Å². The summed E-state index contributed by atoms with van der Waals surface area (Å²) in [6.07, 6.45) is 2.97. The zero-order valence-corrected chi connectivity index (χ0v) is 14.6. The van der Waals surface area contributed by atoms with Crippen molar-refractivity contribution in [3.63, 3.8) is 0 Å². The lowest BCUT2D eigenvalue weighted by Crippen LogP contribution is -2.50. The van der Waals surface area contributed by atoms with E-state index in [0.29, 0.717) is 13.2 Å². The van der Waals surface area contributed by atoms with Gasteiger partial charge in [-0.2, -0.15) is 0 Å². The molecular weight excluding hydrogens is 310 g/mol.